The molecule has 2 aromatic carbocycles. The Hall–Kier alpha value is -2.76. The molecule has 2 rings (SSSR count). The van der Waals surface area contributed by atoms with Gasteiger partial charge in [0.15, 0.2) is 0 Å². The fourth-order valence-corrected chi connectivity index (χ4v) is 1.91. The maximum Gasteiger partial charge on any atom is 0.270 e. The Morgan fingerprint density at radius 3 is 2.52 bits per heavy atom. The average Bonchev–Trinajstić information content (AvgIpc) is 2.49. The minimum Gasteiger partial charge on any atom is -0.337 e. The summed E-state index contributed by atoms with van der Waals surface area (Å²) in [7, 11) is 1.59. The van der Waals surface area contributed by atoms with Gasteiger partial charge in [-0.25, -0.2) is 4.39 Å². The summed E-state index contributed by atoms with van der Waals surface area (Å²) in [6.07, 6.45) is 0. The molecule has 0 aliphatic heterocycles. The fourth-order valence-electron chi connectivity index (χ4n) is 1.91. The van der Waals surface area contributed by atoms with Gasteiger partial charge in [0.25, 0.3) is 11.6 Å². The number of rotatable bonds is 4. The molecule has 0 aliphatic rings. The van der Waals surface area contributed by atoms with Gasteiger partial charge in [0.1, 0.15) is 5.82 Å². The van der Waals surface area contributed by atoms with Crippen molar-refractivity contribution in [3.05, 3.63) is 75.6 Å². The highest BCUT2D eigenvalue weighted by Gasteiger charge is 2.15. The maximum absolute atomic E-state index is 12.8. The molecule has 0 aliphatic carbocycles. The second-order valence-corrected chi connectivity index (χ2v) is 4.60. The number of non-ortho nitro benzene ring substituents is 1. The molecule has 2 aromatic rings. The first-order chi connectivity index (χ1) is 9.97. The van der Waals surface area contributed by atoms with E-state index in [0.29, 0.717) is 6.54 Å². The van der Waals surface area contributed by atoms with Crippen LogP contribution < -0.4 is 0 Å². The lowest BCUT2D eigenvalue weighted by Crippen LogP contribution is -2.26. The molecule has 0 spiro atoms. The summed E-state index contributed by atoms with van der Waals surface area (Å²) in [6, 6.07) is 11.4. The van der Waals surface area contributed by atoms with E-state index in [-0.39, 0.29) is 23.0 Å². The van der Waals surface area contributed by atoms with Gasteiger partial charge in [0, 0.05) is 31.3 Å². The lowest BCUT2D eigenvalue weighted by atomic mass is 10.1. The van der Waals surface area contributed by atoms with Gasteiger partial charge >= 0.3 is 0 Å². The third-order valence-electron chi connectivity index (χ3n) is 2.98. The van der Waals surface area contributed by atoms with Gasteiger partial charge in [0.2, 0.25) is 0 Å². The Kier molecular flexibility index (Phi) is 4.27. The molecule has 21 heavy (non-hydrogen) atoms. The maximum atomic E-state index is 12.8. The minimum absolute atomic E-state index is 0.129. The lowest BCUT2D eigenvalue weighted by Gasteiger charge is -2.17. The van der Waals surface area contributed by atoms with Gasteiger partial charge < -0.3 is 4.90 Å². The molecule has 0 fully saturated rings. The molecule has 6 heteroatoms. The van der Waals surface area contributed by atoms with Crippen molar-refractivity contribution >= 4 is 11.6 Å². The highest BCUT2D eigenvalue weighted by Crippen LogP contribution is 2.15. The van der Waals surface area contributed by atoms with Crippen LogP contribution in [0.5, 0.6) is 0 Å². The number of hydrogen-bond acceptors (Lipinski definition) is 3. The first kappa shape index (κ1) is 14.6. The Bertz CT molecular complexity index is 671. The van der Waals surface area contributed by atoms with E-state index in [1.165, 1.54) is 41.3 Å². The fraction of sp³-hybridized carbons (Fsp3) is 0.133. The van der Waals surface area contributed by atoms with E-state index in [0.717, 1.165) is 5.56 Å². The number of halogens is 1. The van der Waals surface area contributed by atoms with Crippen LogP contribution in [0.15, 0.2) is 48.5 Å². The van der Waals surface area contributed by atoms with Crippen LogP contribution in [0.2, 0.25) is 0 Å². The van der Waals surface area contributed by atoms with Crippen molar-refractivity contribution in [3.63, 3.8) is 0 Å². The molecule has 0 saturated carbocycles. The predicted octanol–water partition coefficient (Wildman–Crippen LogP) is 3.01. The van der Waals surface area contributed by atoms with Gasteiger partial charge in [-0.3, -0.25) is 14.9 Å². The van der Waals surface area contributed by atoms with Crippen molar-refractivity contribution in [2.75, 3.05) is 7.05 Å². The SMILES string of the molecule is CN(Cc1ccc(F)cc1)C(=O)c1cccc([N+](=O)[O-])c1. The number of amides is 1. The van der Waals surface area contributed by atoms with Crippen molar-refractivity contribution in [3.8, 4) is 0 Å². The number of benzene rings is 2. The molecule has 0 N–H and O–H groups in total. The number of hydrogen-bond donors (Lipinski definition) is 0. The third kappa shape index (κ3) is 3.62. The first-order valence-electron chi connectivity index (χ1n) is 6.22. The van der Waals surface area contributed by atoms with E-state index in [4.69, 9.17) is 0 Å². The van der Waals surface area contributed by atoms with E-state index in [9.17, 15) is 19.3 Å². The van der Waals surface area contributed by atoms with E-state index >= 15 is 0 Å². The zero-order chi connectivity index (χ0) is 15.4. The molecule has 0 atom stereocenters. The van der Waals surface area contributed by atoms with Crippen LogP contribution in [0.4, 0.5) is 10.1 Å². The van der Waals surface area contributed by atoms with Gasteiger partial charge in [-0.1, -0.05) is 18.2 Å². The second-order valence-electron chi connectivity index (χ2n) is 4.60. The van der Waals surface area contributed by atoms with Gasteiger partial charge in [-0.2, -0.15) is 0 Å². The highest BCUT2D eigenvalue weighted by atomic mass is 19.1. The second kappa shape index (κ2) is 6.13. The zero-order valence-corrected chi connectivity index (χ0v) is 11.3. The van der Waals surface area contributed by atoms with Gasteiger partial charge in [-0.05, 0) is 23.8 Å². The minimum atomic E-state index is -0.545. The summed E-state index contributed by atoms with van der Waals surface area (Å²) in [4.78, 5) is 23.8. The number of nitro groups is 1. The molecule has 0 aromatic heterocycles. The van der Waals surface area contributed by atoms with Crippen LogP contribution in [0, 0.1) is 15.9 Å². The molecule has 0 unspecified atom stereocenters. The van der Waals surface area contributed by atoms with E-state index in [1.807, 2.05) is 0 Å². The van der Waals surface area contributed by atoms with E-state index in [2.05, 4.69) is 0 Å². The summed E-state index contributed by atoms with van der Waals surface area (Å²) in [5, 5.41) is 10.7. The molecule has 5 nitrogen and oxygen atoms in total. The monoisotopic (exact) mass is 288 g/mol. The van der Waals surface area contributed by atoms with Crippen LogP contribution in [0.1, 0.15) is 15.9 Å². The Morgan fingerprint density at radius 1 is 1.24 bits per heavy atom. The van der Waals surface area contributed by atoms with Gasteiger partial charge in [0.05, 0.1) is 4.92 Å². The molecule has 0 radical (unpaired) electrons. The molecule has 1 amide bonds. The number of nitrogens with zero attached hydrogens (tertiary/aromatic N) is 2. The van der Waals surface area contributed by atoms with E-state index < -0.39 is 4.92 Å². The summed E-state index contributed by atoms with van der Waals surface area (Å²) in [6.45, 7) is 0.293. The Morgan fingerprint density at radius 2 is 1.90 bits per heavy atom. The average molecular weight is 288 g/mol. The Balaban J connectivity index is 2.13. The number of nitro benzene ring substituents is 1. The summed E-state index contributed by atoms with van der Waals surface area (Å²) < 4.78 is 12.8. The van der Waals surface area contributed by atoms with Crippen molar-refractivity contribution in [1.29, 1.82) is 0 Å². The smallest absolute Gasteiger partial charge is 0.270 e. The molecular weight excluding hydrogens is 275 g/mol. The van der Waals surface area contributed by atoms with Crippen LogP contribution in [0.3, 0.4) is 0 Å². The van der Waals surface area contributed by atoms with Crippen molar-refractivity contribution < 1.29 is 14.1 Å². The van der Waals surface area contributed by atoms with Crippen LogP contribution in [0.25, 0.3) is 0 Å². The van der Waals surface area contributed by atoms with Crippen molar-refractivity contribution in [2.24, 2.45) is 0 Å². The summed E-state index contributed by atoms with van der Waals surface area (Å²) in [5.74, 6) is -0.672. The van der Waals surface area contributed by atoms with Gasteiger partial charge in [-0.15, -0.1) is 0 Å². The molecule has 0 heterocycles. The van der Waals surface area contributed by atoms with Crippen LogP contribution in [-0.4, -0.2) is 22.8 Å². The first-order valence-corrected chi connectivity index (χ1v) is 6.22. The Labute approximate surface area is 120 Å². The van der Waals surface area contributed by atoms with Crippen molar-refractivity contribution in [2.45, 2.75) is 6.54 Å². The van der Waals surface area contributed by atoms with Crippen molar-refractivity contribution in [1.82, 2.24) is 4.90 Å². The summed E-state index contributed by atoms with van der Waals surface area (Å²) in [5.41, 5.74) is 0.891. The van der Waals surface area contributed by atoms with Crippen LogP contribution in [-0.2, 0) is 6.54 Å². The molecule has 0 bridgehead atoms. The predicted molar refractivity (Wildman–Crippen MR) is 75.3 cm³/mol. The largest absolute Gasteiger partial charge is 0.337 e. The van der Waals surface area contributed by atoms with E-state index in [1.54, 1.807) is 19.2 Å². The topological polar surface area (TPSA) is 63.5 Å². The standard InChI is InChI=1S/C15H13FN2O3/c1-17(10-11-5-7-13(16)8-6-11)15(19)12-3-2-4-14(9-12)18(20)21/h2-9H,10H2,1H3. The summed E-state index contributed by atoms with van der Waals surface area (Å²) >= 11 is 0. The highest BCUT2D eigenvalue weighted by molar-refractivity contribution is 5.94. The lowest BCUT2D eigenvalue weighted by molar-refractivity contribution is -0.384. The number of carbonyl (C=O) groups excluding carboxylic acids is 1. The quantitative estimate of drug-likeness (QED) is 0.641. The molecule has 108 valence electrons. The van der Waals surface area contributed by atoms with Crippen LogP contribution >= 0.6 is 0 Å². The molecule has 0 saturated heterocycles. The molecular formula is C15H13FN2O3. The zero-order valence-electron chi connectivity index (χ0n) is 11.3. The third-order valence-corrected chi connectivity index (χ3v) is 2.98. The number of carbonyl (C=O) groups is 1. The normalized spacial score (nSPS) is 10.2.